The Morgan fingerprint density at radius 1 is 1.17 bits per heavy atom. The minimum Gasteiger partial charge on any atom is -0.497 e. The molecular weight excluding hydrogens is 326 g/mol. The number of hydrogen-bond acceptors (Lipinski definition) is 6. The van der Waals surface area contributed by atoms with Crippen molar-refractivity contribution in [2.24, 2.45) is 0 Å². The third-order valence-corrected chi connectivity index (χ3v) is 4.79. The lowest BCUT2D eigenvalue weighted by molar-refractivity contribution is 0.414. The van der Waals surface area contributed by atoms with Crippen molar-refractivity contribution in [2.45, 2.75) is 11.4 Å². The van der Waals surface area contributed by atoms with Crippen LogP contribution in [0.4, 0.5) is 10.8 Å². The molecule has 0 unspecified atom stereocenters. The molecule has 0 aliphatic carbocycles. The molecule has 3 rings (SSSR count). The number of rotatable bonds is 7. The fraction of sp³-hybridized carbons (Fsp3) is 0.118. The van der Waals surface area contributed by atoms with Gasteiger partial charge >= 0.3 is 0 Å². The molecule has 0 saturated heterocycles. The number of thiazole rings is 1. The first-order chi connectivity index (χ1) is 11.3. The van der Waals surface area contributed by atoms with Crippen LogP contribution in [-0.4, -0.2) is 12.1 Å². The van der Waals surface area contributed by atoms with E-state index in [1.807, 2.05) is 23.6 Å². The van der Waals surface area contributed by atoms with E-state index in [0.717, 1.165) is 28.0 Å². The van der Waals surface area contributed by atoms with Gasteiger partial charge in [0.15, 0.2) is 5.13 Å². The molecule has 0 radical (unpaired) electrons. The monoisotopic (exact) mass is 343 g/mol. The van der Waals surface area contributed by atoms with Gasteiger partial charge in [-0.25, -0.2) is 4.98 Å². The number of nitrogens with zero attached hydrogens (tertiary/aromatic N) is 1. The smallest absolute Gasteiger partial charge is 0.192 e. The van der Waals surface area contributed by atoms with Crippen LogP contribution >= 0.6 is 23.3 Å². The summed E-state index contributed by atoms with van der Waals surface area (Å²) in [6.07, 6.45) is 1.79. The maximum atomic E-state index is 5.24. The predicted molar refractivity (Wildman–Crippen MR) is 98.4 cm³/mol. The van der Waals surface area contributed by atoms with E-state index < -0.39 is 0 Å². The summed E-state index contributed by atoms with van der Waals surface area (Å²) in [6.45, 7) is 0.765. The summed E-state index contributed by atoms with van der Waals surface area (Å²) in [6, 6.07) is 16.4. The maximum absolute atomic E-state index is 5.24. The lowest BCUT2D eigenvalue weighted by Gasteiger charge is -2.09. The first-order valence-electron chi connectivity index (χ1n) is 7.13. The summed E-state index contributed by atoms with van der Waals surface area (Å²) in [7, 11) is 1.68. The normalized spacial score (nSPS) is 10.3. The number of aromatic nitrogens is 1. The zero-order chi connectivity index (χ0) is 15.9. The molecule has 0 spiro atoms. The van der Waals surface area contributed by atoms with Crippen molar-refractivity contribution in [1.29, 1.82) is 0 Å². The molecule has 0 atom stereocenters. The molecule has 0 amide bonds. The van der Waals surface area contributed by atoms with Crippen LogP contribution in [-0.2, 0) is 6.54 Å². The van der Waals surface area contributed by atoms with Crippen molar-refractivity contribution in [1.82, 2.24) is 4.98 Å². The molecule has 1 heterocycles. The Morgan fingerprint density at radius 3 is 2.78 bits per heavy atom. The van der Waals surface area contributed by atoms with E-state index in [1.165, 1.54) is 5.56 Å². The highest BCUT2D eigenvalue weighted by Gasteiger charge is 1.99. The first kappa shape index (κ1) is 15.7. The number of anilines is 2. The van der Waals surface area contributed by atoms with E-state index in [-0.39, 0.29) is 0 Å². The molecule has 23 heavy (non-hydrogen) atoms. The van der Waals surface area contributed by atoms with Gasteiger partial charge in [-0.15, -0.1) is 11.3 Å². The SMILES string of the molecule is COc1cccc(CNc2ccc(SNc3nccs3)cc2)c1. The van der Waals surface area contributed by atoms with Crippen molar-refractivity contribution in [3.63, 3.8) is 0 Å². The van der Waals surface area contributed by atoms with Crippen LogP contribution in [0.15, 0.2) is 65.0 Å². The van der Waals surface area contributed by atoms with Gasteiger partial charge in [0.05, 0.1) is 7.11 Å². The molecule has 0 saturated carbocycles. The Morgan fingerprint density at radius 2 is 2.04 bits per heavy atom. The second kappa shape index (κ2) is 7.89. The third-order valence-electron chi connectivity index (χ3n) is 3.17. The van der Waals surface area contributed by atoms with Crippen molar-refractivity contribution in [3.05, 3.63) is 65.7 Å². The van der Waals surface area contributed by atoms with Crippen LogP contribution in [0.1, 0.15) is 5.56 Å². The highest BCUT2D eigenvalue weighted by atomic mass is 32.2. The highest BCUT2D eigenvalue weighted by molar-refractivity contribution is 8.00. The van der Waals surface area contributed by atoms with Crippen LogP contribution in [0.25, 0.3) is 0 Å². The third kappa shape index (κ3) is 4.64. The molecule has 118 valence electrons. The molecule has 3 aromatic rings. The van der Waals surface area contributed by atoms with Gasteiger partial charge < -0.3 is 14.8 Å². The number of methoxy groups -OCH3 is 1. The Labute approximate surface area is 144 Å². The molecule has 0 fully saturated rings. The summed E-state index contributed by atoms with van der Waals surface area (Å²) in [5, 5.41) is 6.28. The summed E-state index contributed by atoms with van der Waals surface area (Å²) in [4.78, 5) is 5.34. The molecule has 0 aliphatic rings. The quantitative estimate of drug-likeness (QED) is 0.599. The predicted octanol–water partition coefficient (Wildman–Crippen LogP) is 4.88. The second-order valence-electron chi connectivity index (χ2n) is 4.77. The van der Waals surface area contributed by atoms with Gasteiger partial charge in [0, 0.05) is 28.7 Å². The van der Waals surface area contributed by atoms with Gasteiger partial charge in [0.2, 0.25) is 0 Å². The minimum atomic E-state index is 0.765. The van der Waals surface area contributed by atoms with Crippen LogP contribution in [0.3, 0.4) is 0 Å². The number of ether oxygens (including phenoxy) is 1. The van der Waals surface area contributed by atoms with E-state index in [1.54, 1.807) is 36.6 Å². The average molecular weight is 343 g/mol. The lowest BCUT2D eigenvalue weighted by Crippen LogP contribution is -1.99. The minimum absolute atomic E-state index is 0.765. The first-order valence-corrected chi connectivity index (χ1v) is 8.82. The fourth-order valence-corrected chi connectivity index (χ4v) is 3.22. The Kier molecular flexibility index (Phi) is 5.39. The molecule has 0 bridgehead atoms. The van der Waals surface area contributed by atoms with Crippen molar-refractivity contribution in [3.8, 4) is 5.75 Å². The lowest BCUT2D eigenvalue weighted by atomic mass is 10.2. The van der Waals surface area contributed by atoms with Gasteiger partial charge in [-0.1, -0.05) is 12.1 Å². The molecule has 6 heteroatoms. The average Bonchev–Trinajstić information content (AvgIpc) is 3.13. The summed E-state index contributed by atoms with van der Waals surface area (Å²) in [5.74, 6) is 0.879. The molecule has 4 nitrogen and oxygen atoms in total. The molecule has 2 aromatic carbocycles. The highest BCUT2D eigenvalue weighted by Crippen LogP contribution is 2.24. The topological polar surface area (TPSA) is 46.2 Å². The second-order valence-corrected chi connectivity index (χ2v) is 6.55. The van der Waals surface area contributed by atoms with Gasteiger partial charge in [-0.2, -0.15) is 0 Å². The van der Waals surface area contributed by atoms with Crippen LogP contribution in [0, 0.1) is 0 Å². The Balaban J connectivity index is 1.52. The molecule has 1 aromatic heterocycles. The van der Waals surface area contributed by atoms with Gasteiger partial charge in [-0.05, 0) is 53.9 Å². The maximum Gasteiger partial charge on any atom is 0.192 e. The fourth-order valence-electron chi connectivity index (χ4n) is 2.00. The van der Waals surface area contributed by atoms with E-state index in [4.69, 9.17) is 4.74 Å². The Hall–Kier alpha value is -2.18. The molecule has 2 N–H and O–H groups in total. The van der Waals surface area contributed by atoms with E-state index >= 15 is 0 Å². The number of nitrogens with one attached hydrogen (secondary N) is 2. The standard InChI is InChI=1S/C17H17N3OS2/c1-21-15-4-2-3-13(11-15)12-19-14-5-7-16(8-6-14)23-20-17-18-9-10-22-17/h2-11,19H,12H2,1H3,(H,18,20). The van der Waals surface area contributed by atoms with E-state index in [0.29, 0.717) is 0 Å². The van der Waals surface area contributed by atoms with Crippen molar-refractivity contribution < 1.29 is 4.74 Å². The van der Waals surface area contributed by atoms with E-state index in [2.05, 4.69) is 45.4 Å². The zero-order valence-corrected chi connectivity index (χ0v) is 14.3. The summed E-state index contributed by atoms with van der Waals surface area (Å²) < 4.78 is 8.46. The Bertz CT molecular complexity index is 730. The van der Waals surface area contributed by atoms with Crippen LogP contribution < -0.4 is 14.8 Å². The van der Waals surface area contributed by atoms with Gasteiger partial charge in [-0.3, -0.25) is 0 Å². The van der Waals surface area contributed by atoms with Crippen molar-refractivity contribution in [2.75, 3.05) is 17.1 Å². The van der Waals surface area contributed by atoms with Gasteiger partial charge in [0.25, 0.3) is 0 Å². The summed E-state index contributed by atoms with van der Waals surface area (Å²) in [5.41, 5.74) is 2.28. The largest absolute Gasteiger partial charge is 0.497 e. The number of benzene rings is 2. The zero-order valence-electron chi connectivity index (χ0n) is 12.7. The van der Waals surface area contributed by atoms with Gasteiger partial charge in [0.1, 0.15) is 5.75 Å². The number of hydrogen-bond donors (Lipinski definition) is 2. The van der Waals surface area contributed by atoms with Crippen molar-refractivity contribution >= 4 is 34.1 Å². The van der Waals surface area contributed by atoms with E-state index in [9.17, 15) is 0 Å². The molecule has 0 aliphatic heterocycles. The molecular formula is C17H17N3OS2. The summed E-state index contributed by atoms with van der Waals surface area (Å²) >= 11 is 3.15. The van der Waals surface area contributed by atoms with Crippen LogP contribution in [0.2, 0.25) is 0 Å². The van der Waals surface area contributed by atoms with Crippen LogP contribution in [0.5, 0.6) is 5.75 Å².